The zero-order valence-electron chi connectivity index (χ0n) is 15.1. The zero-order valence-corrected chi connectivity index (χ0v) is 16.7. The van der Waals surface area contributed by atoms with Gasteiger partial charge in [0, 0.05) is 17.4 Å². The number of aryl methyl sites for hydroxylation is 3. The third-order valence-electron chi connectivity index (χ3n) is 3.86. The summed E-state index contributed by atoms with van der Waals surface area (Å²) in [7, 11) is 0. The summed E-state index contributed by atoms with van der Waals surface area (Å²) in [5.41, 5.74) is 3.69. The SMILES string of the molecule is CCc1nn2c(=O)cc(CSc3nnc(-c4cc(C)cc(C)c4)o3)nc2s1. The molecule has 0 N–H and O–H groups in total. The molecule has 0 radical (unpaired) electrons. The van der Waals surface area contributed by atoms with E-state index in [4.69, 9.17) is 4.42 Å². The summed E-state index contributed by atoms with van der Waals surface area (Å²) in [6, 6.07) is 7.63. The Bertz CT molecular complexity index is 1160. The van der Waals surface area contributed by atoms with Gasteiger partial charge in [0.05, 0.1) is 5.69 Å². The van der Waals surface area contributed by atoms with Crippen LogP contribution in [0.2, 0.25) is 0 Å². The van der Waals surface area contributed by atoms with Crippen LogP contribution < -0.4 is 5.56 Å². The maximum atomic E-state index is 12.2. The number of rotatable bonds is 5. The van der Waals surface area contributed by atoms with Crippen molar-refractivity contribution in [2.45, 2.75) is 38.2 Å². The molecular formula is C18H17N5O2S2. The molecule has 0 amide bonds. The molecule has 27 heavy (non-hydrogen) atoms. The van der Waals surface area contributed by atoms with Crippen molar-refractivity contribution in [3.63, 3.8) is 0 Å². The highest BCUT2D eigenvalue weighted by molar-refractivity contribution is 7.98. The summed E-state index contributed by atoms with van der Waals surface area (Å²) in [6.45, 7) is 6.07. The lowest BCUT2D eigenvalue weighted by molar-refractivity contribution is 0.465. The molecule has 7 nitrogen and oxygen atoms in total. The fraction of sp³-hybridized carbons (Fsp3) is 0.278. The fourth-order valence-corrected chi connectivity index (χ4v) is 4.24. The number of nitrogens with zero attached hydrogens (tertiary/aromatic N) is 5. The second-order valence-corrected chi connectivity index (χ2v) is 8.13. The van der Waals surface area contributed by atoms with Gasteiger partial charge in [-0.2, -0.15) is 9.61 Å². The first kappa shape index (κ1) is 17.9. The van der Waals surface area contributed by atoms with E-state index >= 15 is 0 Å². The Morgan fingerprint density at radius 3 is 2.67 bits per heavy atom. The summed E-state index contributed by atoms with van der Waals surface area (Å²) in [6.07, 6.45) is 0.779. The predicted octanol–water partition coefficient (Wildman–Crippen LogP) is 3.67. The molecule has 0 aliphatic heterocycles. The first-order valence-corrected chi connectivity index (χ1v) is 10.3. The average Bonchev–Trinajstić information content (AvgIpc) is 3.26. The van der Waals surface area contributed by atoms with Crippen LogP contribution in [0.25, 0.3) is 16.4 Å². The highest BCUT2D eigenvalue weighted by Gasteiger charge is 2.12. The topological polar surface area (TPSA) is 86.2 Å². The number of thioether (sulfide) groups is 1. The smallest absolute Gasteiger partial charge is 0.277 e. The highest BCUT2D eigenvalue weighted by Crippen LogP contribution is 2.26. The van der Waals surface area contributed by atoms with Crippen LogP contribution in [0.15, 0.2) is 38.7 Å². The van der Waals surface area contributed by atoms with Gasteiger partial charge in [-0.05, 0) is 32.4 Å². The van der Waals surface area contributed by atoms with Crippen LogP contribution >= 0.6 is 23.1 Å². The number of aromatic nitrogens is 5. The molecule has 0 saturated carbocycles. The van der Waals surface area contributed by atoms with E-state index in [0.717, 1.165) is 28.1 Å². The van der Waals surface area contributed by atoms with Crippen LogP contribution in [-0.2, 0) is 12.2 Å². The van der Waals surface area contributed by atoms with Gasteiger partial charge in [-0.15, -0.1) is 10.2 Å². The second kappa shape index (κ2) is 7.24. The van der Waals surface area contributed by atoms with Gasteiger partial charge < -0.3 is 4.42 Å². The summed E-state index contributed by atoms with van der Waals surface area (Å²) < 4.78 is 7.11. The second-order valence-electron chi connectivity index (χ2n) is 6.17. The Morgan fingerprint density at radius 2 is 1.93 bits per heavy atom. The molecule has 0 atom stereocenters. The zero-order chi connectivity index (χ0) is 19.0. The molecule has 3 aromatic heterocycles. The first-order valence-electron chi connectivity index (χ1n) is 8.45. The molecule has 0 spiro atoms. The lowest BCUT2D eigenvalue weighted by Gasteiger charge is -2.00. The number of hydrogen-bond acceptors (Lipinski definition) is 8. The Morgan fingerprint density at radius 1 is 1.15 bits per heavy atom. The minimum Gasteiger partial charge on any atom is -0.411 e. The number of hydrogen-bond donors (Lipinski definition) is 0. The van der Waals surface area contributed by atoms with Crippen LogP contribution in [0.5, 0.6) is 0 Å². The van der Waals surface area contributed by atoms with E-state index in [-0.39, 0.29) is 5.56 Å². The van der Waals surface area contributed by atoms with Gasteiger partial charge in [-0.25, -0.2) is 4.98 Å². The molecule has 0 unspecified atom stereocenters. The van der Waals surface area contributed by atoms with Crippen LogP contribution in [0.3, 0.4) is 0 Å². The molecule has 0 bridgehead atoms. The lowest BCUT2D eigenvalue weighted by atomic mass is 10.1. The quantitative estimate of drug-likeness (QED) is 0.473. The van der Waals surface area contributed by atoms with E-state index in [0.29, 0.717) is 27.5 Å². The molecule has 138 valence electrons. The normalized spacial score (nSPS) is 11.4. The van der Waals surface area contributed by atoms with Crippen LogP contribution in [0.1, 0.15) is 28.8 Å². The summed E-state index contributed by atoms with van der Waals surface area (Å²) in [5.74, 6) is 0.961. The largest absolute Gasteiger partial charge is 0.411 e. The molecule has 0 fully saturated rings. The van der Waals surface area contributed by atoms with Crippen molar-refractivity contribution in [2.24, 2.45) is 0 Å². The minimum atomic E-state index is -0.173. The van der Waals surface area contributed by atoms with Gasteiger partial charge in [0.25, 0.3) is 10.8 Å². The van der Waals surface area contributed by atoms with Gasteiger partial charge >= 0.3 is 0 Å². The summed E-state index contributed by atoms with van der Waals surface area (Å²) >= 11 is 2.79. The van der Waals surface area contributed by atoms with Crippen molar-refractivity contribution in [1.29, 1.82) is 0 Å². The van der Waals surface area contributed by atoms with E-state index in [1.165, 1.54) is 33.7 Å². The molecule has 0 aliphatic carbocycles. The maximum absolute atomic E-state index is 12.2. The Kier molecular flexibility index (Phi) is 4.79. The van der Waals surface area contributed by atoms with Crippen LogP contribution in [-0.4, -0.2) is 24.8 Å². The van der Waals surface area contributed by atoms with Crippen molar-refractivity contribution in [3.8, 4) is 11.5 Å². The Balaban J connectivity index is 1.53. The van der Waals surface area contributed by atoms with Gasteiger partial charge in [0.1, 0.15) is 5.01 Å². The van der Waals surface area contributed by atoms with Crippen molar-refractivity contribution in [2.75, 3.05) is 0 Å². The number of fused-ring (bicyclic) bond motifs is 1. The van der Waals surface area contributed by atoms with E-state index in [1.807, 2.05) is 32.9 Å². The summed E-state index contributed by atoms with van der Waals surface area (Å²) in [5, 5.41) is 13.8. The molecular weight excluding hydrogens is 382 g/mol. The molecule has 3 heterocycles. The van der Waals surface area contributed by atoms with Crippen LogP contribution in [0.4, 0.5) is 0 Å². The Labute approximate surface area is 163 Å². The third-order valence-corrected chi connectivity index (χ3v) is 5.77. The highest BCUT2D eigenvalue weighted by atomic mass is 32.2. The van der Waals surface area contributed by atoms with Gasteiger partial charge in [-0.1, -0.05) is 47.2 Å². The minimum absolute atomic E-state index is 0.173. The molecule has 9 heteroatoms. The Hall–Kier alpha value is -2.52. The number of benzene rings is 1. The van der Waals surface area contributed by atoms with E-state index in [1.54, 1.807) is 0 Å². The van der Waals surface area contributed by atoms with Crippen LogP contribution in [0, 0.1) is 13.8 Å². The standard InChI is InChI=1S/C18H17N5O2S2/c1-4-14-22-23-15(24)8-13(19-17(23)27-14)9-26-18-21-20-16(25-18)12-6-10(2)5-11(3)7-12/h5-8H,4,9H2,1-3H3. The van der Waals surface area contributed by atoms with Crippen molar-refractivity contribution >= 4 is 28.1 Å². The van der Waals surface area contributed by atoms with Crippen molar-refractivity contribution in [1.82, 2.24) is 24.8 Å². The monoisotopic (exact) mass is 399 g/mol. The predicted molar refractivity (Wildman–Crippen MR) is 105 cm³/mol. The van der Waals surface area contributed by atoms with E-state index in [9.17, 15) is 4.79 Å². The average molecular weight is 400 g/mol. The molecule has 4 rings (SSSR count). The van der Waals surface area contributed by atoms with Gasteiger partial charge in [0.15, 0.2) is 0 Å². The molecule has 0 saturated heterocycles. The summed E-state index contributed by atoms with van der Waals surface area (Å²) in [4.78, 5) is 17.3. The third kappa shape index (κ3) is 3.79. The van der Waals surface area contributed by atoms with Gasteiger partial charge in [-0.3, -0.25) is 4.79 Å². The lowest BCUT2D eigenvalue weighted by Crippen LogP contribution is -2.15. The molecule has 0 aliphatic rings. The molecule has 4 aromatic rings. The fourth-order valence-electron chi connectivity index (χ4n) is 2.73. The van der Waals surface area contributed by atoms with Gasteiger partial charge in [0.2, 0.25) is 10.9 Å². The van der Waals surface area contributed by atoms with Crippen molar-refractivity contribution in [3.05, 3.63) is 56.4 Å². The molecule has 1 aromatic carbocycles. The maximum Gasteiger partial charge on any atom is 0.277 e. The van der Waals surface area contributed by atoms with Crippen molar-refractivity contribution < 1.29 is 4.42 Å². The first-order chi connectivity index (χ1) is 13.0. The van der Waals surface area contributed by atoms with E-state index < -0.39 is 0 Å². The van der Waals surface area contributed by atoms with E-state index in [2.05, 4.69) is 26.3 Å².